The summed E-state index contributed by atoms with van der Waals surface area (Å²) in [7, 11) is 1.42. The van der Waals surface area contributed by atoms with E-state index in [4.69, 9.17) is 11.1 Å². The summed E-state index contributed by atoms with van der Waals surface area (Å²) in [5, 5.41) is 11.0. The Morgan fingerprint density at radius 3 is 2.52 bits per heavy atom. The van der Waals surface area contributed by atoms with E-state index in [0.29, 0.717) is 16.8 Å². The molecule has 25 heavy (non-hydrogen) atoms. The summed E-state index contributed by atoms with van der Waals surface area (Å²) in [6, 6.07) is 15.9. The number of anilines is 1. The average Bonchev–Trinajstić information content (AvgIpc) is 3.06. The zero-order chi connectivity index (χ0) is 18.0. The highest BCUT2D eigenvalue weighted by Gasteiger charge is 2.17. The summed E-state index contributed by atoms with van der Waals surface area (Å²) in [4.78, 5) is 28.7. The molecule has 0 aliphatic heterocycles. The highest BCUT2D eigenvalue weighted by Crippen LogP contribution is 2.24. The Balaban J connectivity index is 1.93. The first-order chi connectivity index (χ1) is 12.0. The molecule has 1 aromatic heterocycles. The van der Waals surface area contributed by atoms with Crippen LogP contribution in [0, 0.1) is 5.41 Å². The van der Waals surface area contributed by atoms with Gasteiger partial charge < -0.3 is 16.0 Å². The summed E-state index contributed by atoms with van der Waals surface area (Å²) in [5.41, 5.74) is 7.37. The maximum Gasteiger partial charge on any atom is 0.276 e. The molecule has 5 N–H and O–H groups in total. The van der Waals surface area contributed by atoms with E-state index in [1.54, 1.807) is 42.5 Å². The van der Waals surface area contributed by atoms with Gasteiger partial charge in [0.05, 0.1) is 11.2 Å². The second-order valence-electron chi connectivity index (χ2n) is 5.52. The molecule has 7 nitrogen and oxygen atoms in total. The number of aromatic amines is 1. The first kappa shape index (κ1) is 16.3. The van der Waals surface area contributed by atoms with Gasteiger partial charge in [-0.3, -0.25) is 19.9 Å². The minimum atomic E-state index is -0.427. The summed E-state index contributed by atoms with van der Waals surface area (Å²) in [6.45, 7) is 0. The number of carbonyl (C=O) groups excluding carboxylic acids is 2. The van der Waals surface area contributed by atoms with E-state index >= 15 is 0 Å². The molecule has 2 amide bonds. The van der Waals surface area contributed by atoms with E-state index in [0.717, 1.165) is 10.3 Å². The lowest BCUT2D eigenvalue weighted by atomic mass is 10.2. The minimum Gasteiger partial charge on any atom is -0.370 e. The summed E-state index contributed by atoms with van der Waals surface area (Å²) in [5.74, 6) is -1.01. The fraction of sp³-hybridized carbons (Fsp3) is 0.0556. The molecule has 126 valence electrons. The molecule has 0 fully saturated rings. The maximum absolute atomic E-state index is 12.4. The smallest absolute Gasteiger partial charge is 0.276 e. The molecule has 0 saturated carbocycles. The SMILES string of the molecule is CN(C(=N)N)C(=O)c1cc2cccc(NC(=O)c3ccccc3)c2[nH]1. The number of benzene rings is 2. The van der Waals surface area contributed by atoms with Crippen molar-refractivity contribution in [3.8, 4) is 0 Å². The molecule has 0 unspecified atom stereocenters. The van der Waals surface area contributed by atoms with E-state index < -0.39 is 5.91 Å². The molecule has 2 aromatic carbocycles. The Bertz CT molecular complexity index is 962. The van der Waals surface area contributed by atoms with Crippen LogP contribution in [0.15, 0.2) is 54.6 Å². The van der Waals surface area contributed by atoms with Gasteiger partial charge in [0.15, 0.2) is 5.96 Å². The number of para-hydroxylation sites is 1. The van der Waals surface area contributed by atoms with Gasteiger partial charge in [0, 0.05) is 18.0 Å². The Morgan fingerprint density at radius 2 is 1.84 bits per heavy atom. The molecule has 0 bridgehead atoms. The number of hydrogen-bond acceptors (Lipinski definition) is 3. The third-order valence-corrected chi connectivity index (χ3v) is 3.84. The van der Waals surface area contributed by atoms with Crippen LogP contribution in [0.5, 0.6) is 0 Å². The first-order valence-corrected chi connectivity index (χ1v) is 7.57. The third-order valence-electron chi connectivity index (χ3n) is 3.84. The lowest BCUT2D eigenvalue weighted by Crippen LogP contribution is -2.38. The van der Waals surface area contributed by atoms with Crippen molar-refractivity contribution in [1.82, 2.24) is 9.88 Å². The summed E-state index contributed by atoms with van der Waals surface area (Å²) >= 11 is 0. The lowest BCUT2D eigenvalue weighted by molar-refractivity contribution is 0.0864. The van der Waals surface area contributed by atoms with Crippen LogP contribution in [-0.4, -0.2) is 34.7 Å². The highest BCUT2D eigenvalue weighted by atomic mass is 16.2. The van der Waals surface area contributed by atoms with Crippen molar-refractivity contribution in [1.29, 1.82) is 5.41 Å². The second-order valence-corrected chi connectivity index (χ2v) is 5.52. The predicted molar refractivity (Wildman–Crippen MR) is 96.7 cm³/mol. The van der Waals surface area contributed by atoms with Gasteiger partial charge in [-0.15, -0.1) is 0 Å². The minimum absolute atomic E-state index is 0.239. The van der Waals surface area contributed by atoms with Crippen LogP contribution in [0.4, 0.5) is 5.69 Å². The van der Waals surface area contributed by atoms with Crippen LogP contribution in [0.2, 0.25) is 0 Å². The van der Waals surface area contributed by atoms with Gasteiger partial charge in [0.1, 0.15) is 5.69 Å². The third kappa shape index (κ3) is 3.20. The van der Waals surface area contributed by atoms with E-state index in [2.05, 4.69) is 10.3 Å². The molecular weight excluding hydrogens is 318 g/mol. The highest BCUT2D eigenvalue weighted by molar-refractivity contribution is 6.10. The Kier molecular flexibility index (Phi) is 4.21. The Morgan fingerprint density at radius 1 is 1.12 bits per heavy atom. The van der Waals surface area contributed by atoms with Gasteiger partial charge in [-0.05, 0) is 24.3 Å². The van der Waals surface area contributed by atoms with Gasteiger partial charge in [0.2, 0.25) is 0 Å². The van der Waals surface area contributed by atoms with Crippen molar-refractivity contribution in [3.05, 3.63) is 65.9 Å². The fourth-order valence-electron chi connectivity index (χ4n) is 2.45. The van der Waals surface area contributed by atoms with Crippen LogP contribution < -0.4 is 11.1 Å². The number of H-pyrrole nitrogens is 1. The van der Waals surface area contributed by atoms with Gasteiger partial charge in [-0.1, -0.05) is 30.3 Å². The lowest BCUT2D eigenvalue weighted by Gasteiger charge is -2.12. The number of hydrogen-bond donors (Lipinski definition) is 4. The van der Waals surface area contributed by atoms with Gasteiger partial charge in [-0.2, -0.15) is 0 Å². The maximum atomic E-state index is 12.4. The monoisotopic (exact) mass is 335 g/mol. The normalized spacial score (nSPS) is 10.4. The van der Waals surface area contributed by atoms with E-state index in [1.807, 2.05) is 12.1 Å². The van der Waals surface area contributed by atoms with Crippen LogP contribution >= 0.6 is 0 Å². The van der Waals surface area contributed by atoms with Crippen LogP contribution in [0.3, 0.4) is 0 Å². The van der Waals surface area contributed by atoms with Crippen molar-refractivity contribution in [2.24, 2.45) is 5.73 Å². The van der Waals surface area contributed by atoms with Crippen molar-refractivity contribution in [3.63, 3.8) is 0 Å². The molecule has 7 heteroatoms. The largest absolute Gasteiger partial charge is 0.370 e. The zero-order valence-corrected chi connectivity index (χ0v) is 13.5. The summed E-state index contributed by atoms with van der Waals surface area (Å²) < 4.78 is 0. The number of nitrogens with one attached hydrogen (secondary N) is 3. The summed E-state index contributed by atoms with van der Waals surface area (Å²) in [6.07, 6.45) is 0. The topological polar surface area (TPSA) is 115 Å². The second kappa shape index (κ2) is 6.48. The Labute approximate surface area is 143 Å². The quantitative estimate of drug-likeness (QED) is 0.435. The average molecular weight is 335 g/mol. The van der Waals surface area contributed by atoms with E-state index in [1.165, 1.54) is 7.05 Å². The van der Waals surface area contributed by atoms with E-state index in [-0.39, 0.29) is 17.6 Å². The molecule has 0 saturated heterocycles. The number of nitrogens with two attached hydrogens (primary N) is 1. The number of aromatic nitrogens is 1. The fourth-order valence-corrected chi connectivity index (χ4v) is 2.45. The van der Waals surface area contributed by atoms with Gasteiger partial charge in [-0.25, -0.2) is 0 Å². The molecule has 3 aromatic rings. The molecule has 1 heterocycles. The standard InChI is InChI=1S/C18H17N5O2/c1-23(18(19)20)17(25)14-10-12-8-5-9-13(15(12)21-14)22-16(24)11-6-3-2-4-7-11/h2-10,21H,1H3,(H3,19,20)(H,22,24). The molecule has 0 aliphatic carbocycles. The predicted octanol–water partition coefficient (Wildman–Crippen LogP) is 2.39. The Hall–Kier alpha value is -3.61. The number of amides is 2. The van der Waals surface area contributed by atoms with Crippen molar-refractivity contribution < 1.29 is 9.59 Å². The van der Waals surface area contributed by atoms with Crippen LogP contribution in [-0.2, 0) is 0 Å². The number of nitrogens with zero attached hydrogens (tertiary/aromatic N) is 1. The van der Waals surface area contributed by atoms with E-state index in [9.17, 15) is 9.59 Å². The molecule has 0 spiro atoms. The number of fused-ring (bicyclic) bond motifs is 1. The van der Waals surface area contributed by atoms with Gasteiger partial charge in [0.25, 0.3) is 11.8 Å². The molecule has 0 radical (unpaired) electrons. The molecular formula is C18H17N5O2. The zero-order valence-electron chi connectivity index (χ0n) is 13.5. The molecule has 3 rings (SSSR count). The van der Waals surface area contributed by atoms with Crippen LogP contribution in [0.25, 0.3) is 10.9 Å². The molecule has 0 aliphatic rings. The number of carbonyl (C=O) groups is 2. The van der Waals surface area contributed by atoms with Crippen LogP contribution in [0.1, 0.15) is 20.8 Å². The molecule has 0 atom stereocenters. The van der Waals surface area contributed by atoms with Gasteiger partial charge >= 0.3 is 0 Å². The van der Waals surface area contributed by atoms with Crippen molar-refractivity contribution >= 4 is 34.4 Å². The van der Waals surface area contributed by atoms with Crippen molar-refractivity contribution in [2.45, 2.75) is 0 Å². The first-order valence-electron chi connectivity index (χ1n) is 7.57. The number of rotatable bonds is 3. The number of guanidine groups is 1. The van der Waals surface area contributed by atoms with Crippen molar-refractivity contribution in [2.75, 3.05) is 12.4 Å².